The van der Waals surface area contributed by atoms with Crippen molar-refractivity contribution < 1.29 is 9.53 Å². The molecule has 3 fully saturated rings. The third kappa shape index (κ3) is 5.04. The fourth-order valence-corrected chi connectivity index (χ4v) is 9.32. The highest BCUT2D eigenvalue weighted by molar-refractivity contribution is 5.69. The fourth-order valence-electron chi connectivity index (χ4n) is 9.32. The Morgan fingerprint density at radius 1 is 1.03 bits per heavy atom. The molecule has 0 N–H and O–H groups in total. The molecule has 0 heterocycles. The van der Waals surface area contributed by atoms with Gasteiger partial charge in [-0.3, -0.25) is 4.79 Å². The zero-order chi connectivity index (χ0) is 24.5. The van der Waals surface area contributed by atoms with Crippen LogP contribution in [0.25, 0.3) is 0 Å². The monoisotopic (exact) mass is 470 g/mol. The van der Waals surface area contributed by atoms with Crippen LogP contribution in [0.1, 0.15) is 131 Å². The van der Waals surface area contributed by atoms with Gasteiger partial charge in [-0.15, -0.1) is 0 Å². The van der Waals surface area contributed by atoms with Crippen molar-refractivity contribution in [3.8, 4) is 0 Å². The minimum Gasteiger partial charge on any atom is -0.462 e. The first-order valence-corrected chi connectivity index (χ1v) is 15.1. The number of allylic oxidation sites excluding steroid dienone is 1. The van der Waals surface area contributed by atoms with Crippen LogP contribution in [0.5, 0.6) is 0 Å². The minimum absolute atomic E-state index is 0.0256. The lowest BCUT2D eigenvalue weighted by Gasteiger charge is -2.58. The summed E-state index contributed by atoms with van der Waals surface area (Å²) in [4.78, 5) is 12.2. The molecule has 4 aliphatic rings. The maximum atomic E-state index is 12.2. The number of ether oxygens (including phenoxy) is 1. The van der Waals surface area contributed by atoms with E-state index in [4.69, 9.17) is 4.74 Å². The smallest absolute Gasteiger partial charge is 0.306 e. The summed E-state index contributed by atoms with van der Waals surface area (Å²) in [5, 5.41) is 0. The predicted molar refractivity (Wildman–Crippen MR) is 142 cm³/mol. The number of esters is 1. The van der Waals surface area contributed by atoms with Crippen LogP contribution in [0.15, 0.2) is 11.6 Å². The fraction of sp³-hybridized carbons (Fsp3) is 0.906. The molecule has 2 nitrogen and oxygen atoms in total. The van der Waals surface area contributed by atoms with Crippen LogP contribution in [-0.4, -0.2) is 12.1 Å². The summed E-state index contributed by atoms with van der Waals surface area (Å²) in [7, 11) is 0. The second-order valence-electron chi connectivity index (χ2n) is 13.7. The van der Waals surface area contributed by atoms with Crippen LogP contribution in [0, 0.1) is 46.3 Å². The van der Waals surface area contributed by atoms with Crippen LogP contribution in [0.3, 0.4) is 0 Å². The Hall–Kier alpha value is -0.790. The minimum atomic E-state index is 0.0256. The van der Waals surface area contributed by atoms with Gasteiger partial charge in [-0.1, -0.05) is 78.9 Å². The number of hydrogen-bond acceptors (Lipinski definition) is 2. The molecule has 0 aromatic heterocycles. The SMILES string of the molecule is CCCCC(=O)OC1CC[C@@]2(C)C(=CCC3C4CCC(C(C)CCCC(C)C)[C@@]4(C)CCC32)C1. The Kier molecular flexibility index (Phi) is 8.25. The summed E-state index contributed by atoms with van der Waals surface area (Å²) in [6.45, 7) is 14.7. The number of hydrogen-bond donors (Lipinski definition) is 0. The third-order valence-corrected chi connectivity index (χ3v) is 11.3. The molecule has 0 aromatic rings. The summed E-state index contributed by atoms with van der Waals surface area (Å²) in [6.07, 6.45) is 19.9. The van der Waals surface area contributed by atoms with Crippen molar-refractivity contribution in [3.05, 3.63) is 11.6 Å². The van der Waals surface area contributed by atoms with Gasteiger partial charge in [-0.25, -0.2) is 0 Å². The van der Waals surface area contributed by atoms with Gasteiger partial charge in [-0.05, 0) is 97.7 Å². The molecule has 2 heteroatoms. The molecule has 0 aromatic carbocycles. The zero-order valence-electron chi connectivity index (χ0n) is 23.3. The van der Waals surface area contributed by atoms with Gasteiger partial charge in [-0.2, -0.15) is 0 Å². The molecule has 194 valence electrons. The molecule has 0 aliphatic heterocycles. The Morgan fingerprint density at radius 2 is 1.82 bits per heavy atom. The zero-order valence-corrected chi connectivity index (χ0v) is 23.3. The van der Waals surface area contributed by atoms with E-state index in [-0.39, 0.29) is 12.1 Å². The Balaban J connectivity index is 1.41. The highest BCUT2D eigenvalue weighted by atomic mass is 16.5. The third-order valence-electron chi connectivity index (χ3n) is 11.3. The van der Waals surface area contributed by atoms with Gasteiger partial charge in [0.2, 0.25) is 0 Å². The summed E-state index contributed by atoms with van der Waals surface area (Å²) >= 11 is 0. The number of rotatable bonds is 9. The molecular weight excluding hydrogens is 416 g/mol. The maximum absolute atomic E-state index is 12.2. The Labute approximate surface area is 211 Å². The normalized spacial score (nSPS) is 40.2. The molecule has 3 saturated carbocycles. The molecule has 0 radical (unpaired) electrons. The lowest BCUT2D eigenvalue weighted by Crippen LogP contribution is -2.51. The van der Waals surface area contributed by atoms with E-state index in [1.165, 1.54) is 57.8 Å². The first-order valence-electron chi connectivity index (χ1n) is 15.1. The molecule has 0 spiro atoms. The lowest BCUT2D eigenvalue weighted by atomic mass is 9.47. The highest BCUT2D eigenvalue weighted by Gasteiger charge is 2.59. The molecule has 8 atom stereocenters. The number of unbranched alkanes of at least 4 members (excludes halogenated alkanes) is 1. The average Bonchev–Trinajstić information content (AvgIpc) is 3.15. The number of carbonyl (C=O) groups excluding carboxylic acids is 1. The first kappa shape index (κ1) is 26.3. The Bertz CT molecular complexity index is 737. The van der Waals surface area contributed by atoms with E-state index in [2.05, 4.69) is 47.6 Å². The second-order valence-corrected chi connectivity index (χ2v) is 13.7. The highest BCUT2D eigenvalue weighted by Crippen LogP contribution is 2.67. The van der Waals surface area contributed by atoms with Crippen molar-refractivity contribution in [1.82, 2.24) is 0 Å². The van der Waals surface area contributed by atoms with Crippen LogP contribution >= 0.6 is 0 Å². The second kappa shape index (κ2) is 10.7. The van der Waals surface area contributed by atoms with Gasteiger partial charge < -0.3 is 4.74 Å². The van der Waals surface area contributed by atoms with Gasteiger partial charge in [0.25, 0.3) is 0 Å². The van der Waals surface area contributed by atoms with Crippen LogP contribution < -0.4 is 0 Å². The van der Waals surface area contributed by atoms with E-state index in [1.807, 2.05) is 0 Å². The van der Waals surface area contributed by atoms with Crippen molar-refractivity contribution >= 4 is 5.97 Å². The van der Waals surface area contributed by atoms with Crippen LogP contribution in [0.2, 0.25) is 0 Å². The summed E-state index contributed by atoms with van der Waals surface area (Å²) < 4.78 is 5.92. The van der Waals surface area contributed by atoms with Gasteiger partial charge in [0, 0.05) is 12.8 Å². The van der Waals surface area contributed by atoms with Gasteiger partial charge >= 0.3 is 5.97 Å². The average molecular weight is 471 g/mol. The molecule has 4 aliphatic carbocycles. The van der Waals surface area contributed by atoms with E-state index in [1.54, 1.807) is 5.57 Å². The molecule has 0 saturated heterocycles. The van der Waals surface area contributed by atoms with Crippen molar-refractivity contribution in [1.29, 1.82) is 0 Å². The van der Waals surface area contributed by atoms with Crippen molar-refractivity contribution in [2.75, 3.05) is 0 Å². The van der Waals surface area contributed by atoms with Crippen molar-refractivity contribution in [2.45, 2.75) is 138 Å². The predicted octanol–water partition coefficient (Wildman–Crippen LogP) is 9.13. The number of carbonyl (C=O) groups is 1. The van der Waals surface area contributed by atoms with Gasteiger partial charge in [0.15, 0.2) is 0 Å². The summed E-state index contributed by atoms with van der Waals surface area (Å²) in [5.41, 5.74) is 2.54. The van der Waals surface area contributed by atoms with E-state index in [0.717, 1.165) is 61.2 Å². The quantitative estimate of drug-likeness (QED) is 0.248. The van der Waals surface area contributed by atoms with Crippen molar-refractivity contribution in [2.24, 2.45) is 46.3 Å². The van der Waals surface area contributed by atoms with Gasteiger partial charge in [0.05, 0.1) is 0 Å². The first-order chi connectivity index (χ1) is 16.2. The Morgan fingerprint density at radius 3 is 2.56 bits per heavy atom. The van der Waals surface area contributed by atoms with E-state index in [0.29, 0.717) is 17.3 Å². The largest absolute Gasteiger partial charge is 0.462 e. The van der Waals surface area contributed by atoms with Crippen LogP contribution in [-0.2, 0) is 9.53 Å². The van der Waals surface area contributed by atoms with Crippen molar-refractivity contribution in [3.63, 3.8) is 0 Å². The van der Waals surface area contributed by atoms with Crippen LogP contribution in [0.4, 0.5) is 0 Å². The van der Waals surface area contributed by atoms with E-state index < -0.39 is 0 Å². The maximum Gasteiger partial charge on any atom is 0.306 e. The number of fused-ring (bicyclic) bond motifs is 5. The standard InChI is InChI=1S/C32H54O2/c1-7-8-12-30(33)34-25-17-19-31(5)24(21-25)13-14-26-28-16-15-27(23(4)11-9-10-22(2)3)32(28,6)20-18-29(26)31/h13,22-23,25-29H,7-12,14-21H2,1-6H3/t23?,25?,26?,27?,28?,29?,31-,32+/m0/s1. The topological polar surface area (TPSA) is 26.3 Å². The van der Waals surface area contributed by atoms with Gasteiger partial charge in [0.1, 0.15) is 6.10 Å². The molecule has 0 bridgehead atoms. The summed E-state index contributed by atoms with van der Waals surface area (Å²) in [6, 6.07) is 0. The molecule has 4 rings (SSSR count). The molecule has 0 amide bonds. The molecular formula is C32H54O2. The van der Waals surface area contributed by atoms with E-state index in [9.17, 15) is 4.79 Å². The molecule has 6 unspecified atom stereocenters. The van der Waals surface area contributed by atoms with E-state index >= 15 is 0 Å². The molecule has 34 heavy (non-hydrogen) atoms. The summed E-state index contributed by atoms with van der Waals surface area (Å²) in [5.74, 6) is 5.32. The lowest BCUT2D eigenvalue weighted by molar-refractivity contribution is -0.151.